The molecule has 3 aliphatic rings. The number of unbranched alkanes of at least 4 members (excludes halogenated alkanes) is 10. The number of amides is 1. The summed E-state index contributed by atoms with van der Waals surface area (Å²) in [6, 6.07) is 0. The number of hydrazone groups is 1. The Morgan fingerprint density at radius 2 is 1.42 bits per heavy atom. The third-order valence-electron chi connectivity index (χ3n) is 13.9. The van der Waals surface area contributed by atoms with Gasteiger partial charge in [-0.05, 0) is 32.8 Å². The molecule has 384 valence electrons. The van der Waals surface area contributed by atoms with Gasteiger partial charge >= 0.3 is 11.8 Å². The Kier molecular flexibility index (Phi) is 21.4. The van der Waals surface area contributed by atoms with Crippen LogP contribution in [0.1, 0.15) is 161 Å². The van der Waals surface area contributed by atoms with Crippen molar-refractivity contribution in [3.05, 3.63) is 52.8 Å². The Balaban J connectivity index is 1.93. The lowest BCUT2D eigenvalue weighted by Gasteiger charge is -2.38. The van der Waals surface area contributed by atoms with Gasteiger partial charge in [-0.25, -0.2) is 0 Å². The second-order valence-electron chi connectivity index (χ2n) is 19.4. The van der Waals surface area contributed by atoms with Crippen molar-refractivity contribution in [2.24, 2.45) is 28.8 Å². The van der Waals surface area contributed by atoms with E-state index in [-0.39, 0.29) is 44.5 Å². The van der Waals surface area contributed by atoms with Crippen LogP contribution in [-0.2, 0) is 23.8 Å². The largest absolute Gasteiger partial charge is 0.507 e. The third kappa shape index (κ3) is 13.8. The molecule has 1 amide bonds. The zero-order valence-corrected chi connectivity index (χ0v) is 43.0. The first-order valence-electron chi connectivity index (χ1n) is 25.1. The molecule has 0 radical (unpaired) electrons. The fraction of sp³-hybridized carbons (Fsp3) is 0.630. The number of hydrogen-bond acceptors (Lipinski definition) is 14. The number of fused-ring (bicyclic) bond motifs is 14. The lowest BCUT2D eigenvalue weighted by molar-refractivity contribution is -0.160. The number of rotatable bonds is 18. The molecule has 2 aromatic rings. The minimum absolute atomic E-state index is 0.0667. The molecule has 15 heteroatoms. The SMILES string of the molecule is CCCCCCCCN(CCCCCCCC)/N=C/c1c2c(O)c3c(O)c(C)c4c(c3c1O)C(=O)C(C)(O/C=C/C(OC)C(C)C(OC(C)=O)C(C)C(O)C(C)C(O)C(C)/C=C/C=C(C)C(=O)N2)O4. The summed E-state index contributed by atoms with van der Waals surface area (Å²) in [5.41, 5.74) is -0.259. The standard InChI is InChI=1S/C54H81N3O12/c1-12-14-16-18-20-22-28-57(29-23-21-19-17-15-13-2)55-31-39-44-49(63)42-41(48(39)62)43-51(37(8)47(42)61)69-54(10,52(43)64)67-30-27-40(66-11)34(5)50(68-38(9)58)36(7)46(60)35(6)45(59)32(3)25-24-26-33(4)53(65)56-44/h24-27,30-32,34-36,40,45-46,50,59-63H,12-23,28-29H2,1-11H3,(H,56,65)/b25-24+,30-27+,33-26?,55-31+. The van der Waals surface area contributed by atoms with Gasteiger partial charge in [-0.3, -0.25) is 19.4 Å². The van der Waals surface area contributed by atoms with Gasteiger partial charge in [0.05, 0.1) is 53.0 Å². The van der Waals surface area contributed by atoms with Gasteiger partial charge in [0, 0.05) is 74.2 Å². The summed E-state index contributed by atoms with van der Waals surface area (Å²) in [7, 11) is 1.45. The van der Waals surface area contributed by atoms with Crippen LogP contribution in [0.5, 0.6) is 23.0 Å². The zero-order chi connectivity index (χ0) is 51.2. The molecule has 3 aliphatic heterocycles. The first-order chi connectivity index (χ1) is 32.8. The lowest BCUT2D eigenvalue weighted by atomic mass is 9.78. The number of allylic oxidation sites excluding steroid dienone is 2. The molecular formula is C54H81N3O12. The van der Waals surface area contributed by atoms with Crippen LogP contribution in [0.3, 0.4) is 0 Å². The number of aliphatic hydroxyl groups excluding tert-OH is 2. The minimum Gasteiger partial charge on any atom is -0.507 e. The van der Waals surface area contributed by atoms with Crippen LogP contribution >= 0.6 is 0 Å². The maximum absolute atomic E-state index is 14.7. The highest BCUT2D eigenvalue weighted by atomic mass is 16.7. The van der Waals surface area contributed by atoms with Gasteiger partial charge in [0.1, 0.15) is 23.4 Å². The number of aliphatic hydroxyl groups is 2. The molecule has 0 spiro atoms. The van der Waals surface area contributed by atoms with E-state index in [0.717, 1.165) is 64.2 Å². The number of ketones is 1. The van der Waals surface area contributed by atoms with Crippen LogP contribution in [0.4, 0.5) is 5.69 Å². The molecular weight excluding hydrogens is 883 g/mol. The predicted octanol–water partition coefficient (Wildman–Crippen LogP) is 10.1. The number of esters is 1. The van der Waals surface area contributed by atoms with E-state index in [2.05, 4.69) is 19.2 Å². The molecule has 3 heterocycles. The summed E-state index contributed by atoms with van der Waals surface area (Å²) in [6.07, 6.45) is 18.0. The Labute approximate surface area is 409 Å². The van der Waals surface area contributed by atoms with Gasteiger partial charge in [0.2, 0.25) is 0 Å². The second-order valence-corrected chi connectivity index (χ2v) is 19.4. The average molecular weight is 964 g/mol. The number of carbonyl (C=O) groups is 3. The molecule has 9 unspecified atom stereocenters. The molecule has 5 rings (SSSR count). The first-order valence-corrected chi connectivity index (χ1v) is 25.1. The van der Waals surface area contributed by atoms with Gasteiger partial charge in [-0.2, -0.15) is 5.10 Å². The first kappa shape index (κ1) is 56.5. The quantitative estimate of drug-likeness (QED) is 0.0205. The van der Waals surface area contributed by atoms with E-state index in [1.54, 1.807) is 46.8 Å². The molecule has 6 N–H and O–H groups in total. The normalized spacial score (nSPS) is 26.7. The van der Waals surface area contributed by atoms with E-state index in [9.17, 15) is 39.9 Å². The molecule has 0 saturated heterocycles. The van der Waals surface area contributed by atoms with Gasteiger partial charge in [0.15, 0.2) is 5.75 Å². The monoisotopic (exact) mass is 964 g/mol. The number of benzene rings is 2. The summed E-state index contributed by atoms with van der Waals surface area (Å²) in [5.74, 6) is -8.26. The summed E-state index contributed by atoms with van der Waals surface area (Å²) < 4.78 is 23.9. The van der Waals surface area contributed by atoms with Crippen molar-refractivity contribution in [3.8, 4) is 23.0 Å². The summed E-state index contributed by atoms with van der Waals surface area (Å²) in [4.78, 5) is 41.2. The molecule has 0 fully saturated rings. The Hall–Kier alpha value is -5.12. The van der Waals surface area contributed by atoms with Crippen molar-refractivity contribution >= 4 is 40.3 Å². The van der Waals surface area contributed by atoms with E-state index in [1.807, 2.05) is 5.01 Å². The van der Waals surface area contributed by atoms with E-state index in [1.165, 1.54) is 65.4 Å². The number of methoxy groups -OCH3 is 1. The number of Topliss-reactive ketones (excluding diaryl/α,β-unsaturated/α-hetero) is 1. The topological polar surface area (TPSA) is 217 Å². The van der Waals surface area contributed by atoms with E-state index >= 15 is 0 Å². The molecule has 0 saturated carbocycles. The summed E-state index contributed by atoms with van der Waals surface area (Å²) >= 11 is 0. The molecule has 0 aromatic heterocycles. The van der Waals surface area contributed by atoms with Crippen molar-refractivity contribution < 1.29 is 58.9 Å². The van der Waals surface area contributed by atoms with E-state index < -0.39 is 88.8 Å². The van der Waals surface area contributed by atoms with Crippen LogP contribution < -0.4 is 10.1 Å². The maximum atomic E-state index is 14.7. The number of aromatic hydroxyl groups is 3. The smallest absolute Gasteiger partial charge is 0.312 e. The number of phenols is 3. The van der Waals surface area contributed by atoms with Gasteiger partial charge in [-0.1, -0.05) is 124 Å². The van der Waals surface area contributed by atoms with E-state index in [4.69, 9.17) is 24.0 Å². The number of nitrogens with zero attached hydrogens (tertiary/aromatic N) is 2. The highest BCUT2D eigenvalue weighted by Crippen LogP contribution is 2.55. The van der Waals surface area contributed by atoms with Crippen LogP contribution in [0.2, 0.25) is 0 Å². The van der Waals surface area contributed by atoms with Crippen LogP contribution in [0.15, 0.2) is 41.2 Å². The van der Waals surface area contributed by atoms with Crippen LogP contribution in [-0.4, -0.2) is 105 Å². The van der Waals surface area contributed by atoms with Crippen LogP contribution in [0.25, 0.3) is 10.8 Å². The molecule has 5 bridgehead atoms. The molecule has 9 atom stereocenters. The van der Waals surface area contributed by atoms with Crippen molar-refractivity contribution in [1.82, 2.24) is 5.01 Å². The number of carbonyl (C=O) groups excluding carboxylic acids is 3. The Morgan fingerprint density at radius 3 is 2.00 bits per heavy atom. The fourth-order valence-electron chi connectivity index (χ4n) is 9.39. The van der Waals surface area contributed by atoms with Crippen molar-refractivity contribution in [2.75, 3.05) is 25.5 Å². The number of anilines is 1. The van der Waals surface area contributed by atoms with E-state index in [0.29, 0.717) is 13.1 Å². The molecule has 0 aliphatic carbocycles. The summed E-state index contributed by atoms with van der Waals surface area (Å²) in [5, 5.41) is 68.5. The Bertz CT molecular complexity index is 2190. The minimum atomic E-state index is -2.05. The van der Waals surface area contributed by atoms with Crippen molar-refractivity contribution in [3.63, 3.8) is 0 Å². The fourth-order valence-corrected chi connectivity index (χ4v) is 9.39. The number of hydrogen-bond donors (Lipinski definition) is 6. The van der Waals surface area contributed by atoms with Gasteiger partial charge in [0.25, 0.3) is 11.7 Å². The summed E-state index contributed by atoms with van der Waals surface area (Å²) in [6.45, 7) is 18.3. The van der Waals surface area contributed by atoms with Crippen LogP contribution in [0, 0.1) is 30.6 Å². The van der Waals surface area contributed by atoms with Gasteiger partial charge < -0.3 is 49.8 Å². The second kappa shape index (κ2) is 26.2. The predicted molar refractivity (Wildman–Crippen MR) is 270 cm³/mol. The number of nitrogens with one attached hydrogen (secondary N) is 1. The van der Waals surface area contributed by atoms with Crippen molar-refractivity contribution in [1.29, 1.82) is 0 Å². The molecule has 15 nitrogen and oxygen atoms in total. The number of phenolic OH excluding ortho intramolecular Hbond substituents is 3. The van der Waals surface area contributed by atoms with Crippen molar-refractivity contribution in [2.45, 2.75) is 176 Å². The lowest BCUT2D eigenvalue weighted by Crippen LogP contribution is -2.46. The van der Waals surface area contributed by atoms with Gasteiger partial charge in [-0.15, -0.1) is 0 Å². The average Bonchev–Trinajstić information content (AvgIpc) is 3.58. The third-order valence-corrected chi connectivity index (χ3v) is 13.9. The highest BCUT2D eigenvalue weighted by Gasteiger charge is 2.50. The molecule has 2 aromatic carbocycles. The highest BCUT2D eigenvalue weighted by molar-refractivity contribution is 6.23. The maximum Gasteiger partial charge on any atom is 0.312 e. The molecule has 69 heavy (non-hydrogen) atoms. The number of ether oxygens (including phenoxy) is 4. The zero-order valence-electron chi connectivity index (χ0n) is 43.0. The Morgan fingerprint density at radius 1 is 0.826 bits per heavy atom.